The van der Waals surface area contributed by atoms with Crippen molar-refractivity contribution >= 4 is 22.7 Å². The van der Waals surface area contributed by atoms with Crippen molar-refractivity contribution in [1.29, 1.82) is 0 Å². The summed E-state index contributed by atoms with van der Waals surface area (Å²) in [5.74, 6) is 0.541. The summed E-state index contributed by atoms with van der Waals surface area (Å²) in [4.78, 5) is 11.7. The third-order valence-corrected chi connectivity index (χ3v) is 4.53. The molecule has 0 unspecified atom stereocenters. The van der Waals surface area contributed by atoms with Crippen molar-refractivity contribution in [2.75, 3.05) is 0 Å². The summed E-state index contributed by atoms with van der Waals surface area (Å²) in [6.07, 6.45) is 2.35. The van der Waals surface area contributed by atoms with Gasteiger partial charge in [0, 0.05) is 29.3 Å². The van der Waals surface area contributed by atoms with Crippen LogP contribution in [0.2, 0.25) is 0 Å². The molecule has 0 aliphatic rings. The Labute approximate surface area is 132 Å². The zero-order chi connectivity index (χ0) is 15.5. The lowest BCUT2D eigenvalue weighted by atomic mass is 10.1. The molecule has 0 saturated heterocycles. The van der Waals surface area contributed by atoms with E-state index in [0.29, 0.717) is 16.4 Å². The van der Waals surface area contributed by atoms with E-state index in [9.17, 15) is 10.0 Å². The molecule has 0 spiro atoms. The molecule has 2 heterocycles. The zero-order valence-electron chi connectivity index (χ0n) is 12.1. The van der Waals surface area contributed by atoms with Crippen molar-refractivity contribution in [2.45, 2.75) is 24.1 Å². The Balaban J connectivity index is 1.96. The van der Waals surface area contributed by atoms with Gasteiger partial charge in [-0.1, -0.05) is 30.8 Å². The van der Waals surface area contributed by atoms with Crippen LogP contribution in [0.15, 0.2) is 62.9 Å². The minimum Gasteiger partial charge on any atom is -0.618 e. The lowest BCUT2D eigenvalue weighted by Gasteiger charge is -2.07. The van der Waals surface area contributed by atoms with E-state index < -0.39 is 0 Å². The molecule has 5 heteroatoms. The number of fused-ring (bicyclic) bond motifs is 1. The number of aryl methyl sites for hydroxylation is 1. The number of benzene rings is 1. The van der Waals surface area contributed by atoms with Gasteiger partial charge in [0.05, 0.1) is 0 Å². The predicted octanol–water partition coefficient (Wildman–Crippen LogP) is 3.28. The fraction of sp³-hybridized carbons (Fsp3) is 0.176. The average molecular weight is 313 g/mol. The first kappa shape index (κ1) is 14.7. The largest absolute Gasteiger partial charge is 0.618 e. The summed E-state index contributed by atoms with van der Waals surface area (Å²) in [5.41, 5.74) is 2.24. The summed E-state index contributed by atoms with van der Waals surface area (Å²) in [7, 11) is 0. The summed E-state index contributed by atoms with van der Waals surface area (Å²) in [6, 6.07) is 12.7. The molecular weight excluding hydrogens is 298 g/mol. The predicted molar refractivity (Wildman–Crippen MR) is 86.8 cm³/mol. The quantitative estimate of drug-likeness (QED) is 0.321. The van der Waals surface area contributed by atoms with Gasteiger partial charge in [-0.25, -0.2) is 4.79 Å². The second kappa shape index (κ2) is 6.23. The number of pyridine rings is 1. The van der Waals surface area contributed by atoms with Crippen molar-refractivity contribution < 1.29 is 9.15 Å². The summed E-state index contributed by atoms with van der Waals surface area (Å²) in [6.45, 7) is 2.06. The third-order valence-electron chi connectivity index (χ3n) is 3.47. The van der Waals surface area contributed by atoms with Gasteiger partial charge in [-0.3, -0.25) is 0 Å². The van der Waals surface area contributed by atoms with Crippen LogP contribution in [0.5, 0.6) is 0 Å². The van der Waals surface area contributed by atoms with E-state index in [2.05, 4.69) is 6.92 Å². The molecule has 0 aliphatic heterocycles. The Morgan fingerprint density at radius 3 is 2.86 bits per heavy atom. The van der Waals surface area contributed by atoms with Crippen LogP contribution >= 0.6 is 11.8 Å². The third kappa shape index (κ3) is 2.99. The molecule has 3 aromatic rings. The van der Waals surface area contributed by atoms with E-state index in [1.165, 1.54) is 24.0 Å². The topological polar surface area (TPSA) is 57.1 Å². The molecule has 0 N–H and O–H groups in total. The van der Waals surface area contributed by atoms with Gasteiger partial charge in [-0.05, 0) is 29.7 Å². The van der Waals surface area contributed by atoms with Crippen molar-refractivity contribution in [2.24, 2.45) is 0 Å². The second-order valence-electron chi connectivity index (χ2n) is 4.93. The Kier molecular flexibility index (Phi) is 4.15. The fourth-order valence-corrected chi connectivity index (χ4v) is 3.19. The van der Waals surface area contributed by atoms with Crippen molar-refractivity contribution in [3.8, 4) is 0 Å². The van der Waals surface area contributed by atoms with Gasteiger partial charge in [-0.2, -0.15) is 4.73 Å². The summed E-state index contributed by atoms with van der Waals surface area (Å²) >= 11 is 1.40. The average Bonchev–Trinajstić information content (AvgIpc) is 2.53. The van der Waals surface area contributed by atoms with Crippen molar-refractivity contribution in [3.05, 3.63) is 75.4 Å². The summed E-state index contributed by atoms with van der Waals surface area (Å²) in [5, 5.41) is 13.2. The van der Waals surface area contributed by atoms with Gasteiger partial charge in [0.15, 0.2) is 6.20 Å². The van der Waals surface area contributed by atoms with Crippen LogP contribution in [0, 0.1) is 5.21 Å². The number of rotatable bonds is 4. The molecule has 0 atom stereocenters. The van der Waals surface area contributed by atoms with E-state index in [4.69, 9.17) is 4.42 Å². The maximum absolute atomic E-state index is 11.7. The monoisotopic (exact) mass is 313 g/mol. The van der Waals surface area contributed by atoms with Gasteiger partial charge in [0.2, 0.25) is 0 Å². The molecule has 0 aliphatic carbocycles. The lowest BCUT2D eigenvalue weighted by molar-refractivity contribution is -0.645. The Bertz CT molecular complexity index is 873. The number of thioether (sulfide) groups is 1. The first-order valence-corrected chi connectivity index (χ1v) is 8.02. The highest BCUT2D eigenvalue weighted by Gasteiger charge is 2.10. The van der Waals surface area contributed by atoms with Gasteiger partial charge in [0.1, 0.15) is 5.58 Å². The molecule has 2 aromatic heterocycles. The molecule has 0 amide bonds. The number of aromatic nitrogens is 1. The second-order valence-corrected chi connectivity index (χ2v) is 5.92. The van der Waals surface area contributed by atoms with E-state index in [-0.39, 0.29) is 5.63 Å². The minimum absolute atomic E-state index is 0.362. The highest BCUT2D eigenvalue weighted by molar-refractivity contribution is 7.98. The Morgan fingerprint density at radius 2 is 2.09 bits per heavy atom. The number of nitrogens with zero attached hydrogens (tertiary/aromatic N) is 1. The molecule has 0 fully saturated rings. The van der Waals surface area contributed by atoms with Gasteiger partial charge in [-0.15, -0.1) is 0 Å². The van der Waals surface area contributed by atoms with Gasteiger partial charge in [0.25, 0.3) is 5.03 Å². The van der Waals surface area contributed by atoms with Crippen LogP contribution in [0.25, 0.3) is 11.0 Å². The van der Waals surface area contributed by atoms with E-state index in [0.717, 1.165) is 27.7 Å². The number of hydrogen-bond donors (Lipinski definition) is 0. The summed E-state index contributed by atoms with van der Waals surface area (Å²) < 4.78 is 6.12. The zero-order valence-corrected chi connectivity index (χ0v) is 12.9. The highest BCUT2D eigenvalue weighted by atomic mass is 32.2. The van der Waals surface area contributed by atoms with E-state index in [1.807, 2.05) is 24.3 Å². The molecule has 1 aromatic carbocycles. The first-order chi connectivity index (χ1) is 10.7. The minimum atomic E-state index is -0.362. The Hall–Kier alpha value is -2.27. The molecule has 4 nitrogen and oxygen atoms in total. The van der Waals surface area contributed by atoms with Crippen LogP contribution in [0.4, 0.5) is 0 Å². The molecule has 3 rings (SSSR count). The maximum atomic E-state index is 11.7. The SMILES string of the molecule is CCc1ccc2c(CSc3cccc[n+]3[O-])cc(=O)oc2c1. The standard InChI is InChI=1S/C17H15NO3S/c1-2-12-6-7-14-13(10-17(19)21-15(14)9-12)11-22-16-5-3-4-8-18(16)20/h3-10H,2,11H2,1H3. The molecular formula is C17H15NO3S. The maximum Gasteiger partial charge on any atom is 0.336 e. The number of hydrogen-bond acceptors (Lipinski definition) is 4. The first-order valence-electron chi connectivity index (χ1n) is 7.04. The molecule has 112 valence electrons. The van der Waals surface area contributed by atoms with Crippen LogP contribution in [0.3, 0.4) is 0 Å². The fourth-order valence-electron chi connectivity index (χ4n) is 2.29. The van der Waals surface area contributed by atoms with E-state index in [1.54, 1.807) is 12.1 Å². The van der Waals surface area contributed by atoms with Crippen LogP contribution in [-0.2, 0) is 12.2 Å². The van der Waals surface area contributed by atoms with E-state index >= 15 is 0 Å². The van der Waals surface area contributed by atoms with Crippen molar-refractivity contribution in [3.63, 3.8) is 0 Å². The smallest absolute Gasteiger partial charge is 0.336 e. The lowest BCUT2D eigenvalue weighted by Crippen LogP contribution is -2.27. The molecule has 0 bridgehead atoms. The van der Waals surface area contributed by atoms with Crippen LogP contribution in [-0.4, -0.2) is 0 Å². The van der Waals surface area contributed by atoms with Gasteiger partial charge >= 0.3 is 5.63 Å². The molecule has 22 heavy (non-hydrogen) atoms. The molecule has 0 radical (unpaired) electrons. The van der Waals surface area contributed by atoms with Crippen LogP contribution < -0.4 is 10.4 Å². The van der Waals surface area contributed by atoms with Crippen molar-refractivity contribution in [1.82, 2.24) is 0 Å². The Morgan fingerprint density at radius 1 is 1.23 bits per heavy atom. The normalized spacial score (nSPS) is 11.0. The van der Waals surface area contributed by atoms with Crippen LogP contribution in [0.1, 0.15) is 18.1 Å². The molecule has 0 saturated carbocycles. The van der Waals surface area contributed by atoms with Gasteiger partial charge < -0.3 is 9.62 Å². The highest BCUT2D eigenvalue weighted by Crippen LogP contribution is 2.25.